The van der Waals surface area contributed by atoms with Crippen molar-refractivity contribution in [2.75, 3.05) is 19.6 Å². The Balaban J connectivity index is 0.00000256. The predicted molar refractivity (Wildman–Crippen MR) is 68.1 cm³/mol. The van der Waals surface area contributed by atoms with Gasteiger partial charge in [0.1, 0.15) is 0 Å². The highest BCUT2D eigenvalue weighted by Gasteiger charge is 2.27. The van der Waals surface area contributed by atoms with Gasteiger partial charge >= 0.3 is 6.03 Å². The molecule has 1 aliphatic rings. The molecule has 1 fully saturated rings. The SMILES string of the molecule is CCNC(=O)N1CCC(NC(=O)[C@@H](C)N)C1.Cl. The molecule has 0 bridgehead atoms. The van der Waals surface area contributed by atoms with Crippen LogP contribution in [-0.4, -0.2) is 48.6 Å². The summed E-state index contributed by atoms with van der Waals surface area (Å²) in [4.78, 5) is 24.5. The number of rotatable bonds is 3. The van der Waals surface area contributed by atoms with Crippen molar-refractivity contribution in [1.82, 2.24) is 15.5 Å². The highest BCUT2D eigenvalue weighted by molar-refractivity contribution is 5.85. The normalized spacial score (nSPS) is 20.4. The summed E-state index contributed by atoms with van der Waals surface area (Å²) >= 11 is 0. The Morgan fingerprint density at radius 3 is 2.71 bits per heavy atom. The Hall–Kier alpha value is -1.01. The molecule has 1 unspecified atom stereocenters. The number of nitrogens with two attached hydrogens (primary N) is 1. The summed E-state index contributed by atoms with van der Waals surface area (Å²) in [5.74, 6) is -0.164. The van der Waals surface area contributed by atoms with Gasteiger partial charge in [-0.05, 0) is 20.3 Å². The third-order valence-electron chi connectivity index (χ3n) is 2.56. The summed E-state index contributed by atoms with van der Waals surface area (Å²) in [6.45, 7) is 5.38. The van der Waals surface area contributed by atoms with E-state index in [4.69, 9.17) is 5.73 Å². The summed E-state index contributed by atoms with van der Waals surface area (Å²) in [6, 6.07) is -0.542. The van der Waals surface area contributed by atoms with Crippen molar-refractivity contribution in [3.8, 4) is 0 Å². The van der Waals surface area contributed by atoms with E-state index in [0.717, 1.165) is 6.42 Å². The van der Waals surface area contributed by atoms with Crippen LogP contribution in [0.15, 0.2) is 0 Å². The van der Waals surface area contributed by atoms with E-state index in [-0.39, 0.29) is 30.4 Å². The van der Waals surface area contributed by atoms with E-state index in [0.29, 0.717) is 19.6 Å². The lowest BCUT2D eigenvalue weighted by Crippen LogP contribution is -2.46. The van der Waals surface area contributed by atoms with Gasteiger partial charge in [0.25, 0.3) is 0 Å². The monoisotopic (exact) mass is 264 g/mol. The zero-order chi connectivity index (χ0) is 12.1. The molecule has 4 N–H and O–H groups in total. The number of likely N-dealkylation sites (tertiary alicyclic amines) is 1. The molecular formula is C10H21ClN4O2. The highest BCUT2D eigenvalue weighted by Crippen LogP contribution is 2.09. The van der Waals surface area contributed by atoms with Crippen LogP contribution in [-0.2, 0) is 4.79 Å². The number of halogens is 1. The van der Waals surface area contributed by atoms with Gasteiger partial charge in [0, 0.05) is 25.7 Å². The molecule has 0 aromatic rings. The number of nitrogens with zero attached hydrogens (tertiary/aromatic N) is 1. The number of carbonyl (C=O) groups is 2. The van der Waals surface area contributed by atoms with Crippen LogP contribution >= 0.6 is 12.4 Å². The van der Waals surface area contributed by atoms with Crippen molar-refractivity contribution in [2.45, 2.75) is 32.4 Å². The number of amides is 3. The molecule has 0 spiro atoms. The quantitative estimate of drug-likeness (QED) is 0.653. The van der Waals surface area contributed by atoms with E-state index in [2.05, 4.69) is 10.6 Å². The third-order valence-corrected chi connectivity index (χ3v) is 2.56. The van der Waals surface area contributed by atoms with Gasteiger partial charge in [-0.3, -0.25) is 4.79 Å². The fourth-order valence-electron chi connectivity index (χ4n) is 1.66. The number of carbonyl (C=O) groups excluding carboxylic acids is 2. The molecule has 3 amide bonds. The lowest BCUT2D eigenvalue weighted by atomic mass is 10.2. The Morgan fingerprint density at radius 2 is 2.18 bits per heavy atom. The average Bonchev–Trinajstić information content (AvgIpc) is 2.66. The zero-order valence-corrected chi connectivity index (χ0v) is 11.0. The lowest BCUT2D eigenvalue weighted by molar-refractivity contribution is -0.122. The van der Waals surface area contributed by atoms with Crippen molar-refractivity contribution >= 4 is 24.3 Å². The second-order valence-electron chi connectivity index (χ2n) is 4.06. The molecule has 0 aromatic heterocycles. The van der Waals surface area contributed by atoms with Crippen LogP contribution in [0.25, 0.3) is 0 Å². The predicted octanol–water partition coefficient (Wildman–Crippen LogP) is -0.325. The first kappa shape index (κ1) is 16.0. The molecule has 0 radical (unpaired) electrons. The van der Waals surface area contributed by atoms with E-state index >= 15 is 0 Å². The van der Waals surface area contributed by atoms with Crippen molar-refractivity contribution in [3.05, 3.63) is 0 Å². The molecule has 6 nitrogen and oxygen atoms in total. The molecule has 0 aromatic carbocycles. The molecule has 2 atom stereocenters. The molecule has 100 valence electrons. The molecule has 1 aliphatic heterocycles. The van der Waals surface area contributed by atoms with Crippen LogP contribution in [0.1, 0.15) is 20.3 Å². The van der Waals surface area contributed by atoms with E-state index < -0.39 is 6.04 Å². The van der Waals surface area contributed by atoms with E-state index in [1.54, 1.807) is 11.8 Å². The minimum atomic E-state index is -0.501. The molecule has 17 heavy (non-hydrogen) atoms. The average molecular weight is 265 g/mol. The maximum absolute atomic E-state index is 11.5. The molecule has 1 saturated heterocycles. The fraction of sp³-hybridized carbons (Fsp3) is 0.800. The first-order valence-corrected chi connectivity index (χ1v) is 5.63. The zero-order valence-electron chi connectivity index (χ0n) is 10.2. The first-order valence-electron chi connectivity index (χ1n) is 5.63. The Morgan fingerprint density at radius 1 is 1.53 bits per heavy atom. The fourth-order valence-corrected chi connectivity index (χ4v) is 1.66. The van der Waals surface area contributed by atoms with Crippen LogP contribution in [0.2, 0.25) is 0 Å². The van der Waals surface area contributed by atoms with Crippen molar-refractivity contribution in [2.24, 2.45) is 5.73 Å². The summed E-state index contributed by atoms with van der Waals surface area (Å²) in [5, 5.41) is 5.55. The summed E-state index contributed by atoms with van der Waals surface area (Å²) in [7, 11) is 0. The van der Waals surface area contributed by atoms with Crippen LogP contribution in [0.4, 0.5) is 4.79 Å². The van der Waals surface area contributed by atoms with E-state index in [1.165, 1.54) is 0 Å². The van der Waals surface area contributed by atoms with Gasteiger partial charge in [-0.2, -0.15) is 0 Å². The van der Waals surface area contributed by atoms with Crippen molar-refractivity contribution in [1.29, 1.82) is 0 Å². The Labute approximate surface area is 108 Å². The third kappa shape index (κ3) is 4.79. The van der Waals surface area contributed by atoms with Crippen molar-refractivity contribution in [3.63, 3.8) is 0 Å². The lowest BCUT2D eigenvalue weighted by Gasteiger charge is -2.17. The second-order valence-corrected chi connectivity index (χ2v) is 4.06. The number of hydrogen-bond acceptors (Lipinski definition) is 3. The molecule has 7 heteroatoms. The van der Waals surface area contributed by atoms with Crippen LogP contribution in [0, 0.1) is 0 Å². The standard InChI is InChI=1S/C10H20N4O2.ClH/c1-3-12-10(16)14-5-4-8(6-14)13-9(15)7(2)11;/h7-8H,3-6,11H2,1-2H3,(H,12,16)(H,13,15);1H/t7-,8?;/m1./s1. The highest BCUT2D eigenvalue weighted by atomic mass is 35.5. The van der Waals surface area contributed by atoms with Gasteiger partial charge in [0.2, 0.25) is 5.91 Å². The summed E-state index contributed by atoms with van der Waals surface area (Å²) < 4.78 is 0. The molecule has 1 rings (SSSR count). The number of hydrogen-bond donors (Lipinski definition) is 3. The first-order chi connectivity index (χ1) is 7.54. The van der Waals surface area contributed by atoms with E-state index in [1.807, 2.05) is 6.92 Å². The maximum Gasteiger partial charge on any atom is 0.317 e. The van der Waals surface area contributed by atoms with Gasteiger partial charge in [-0.15, -0.1) is 12.4 Å². The number of urea groups is 1. The minimum absolute atomic E-state index is 0. The Bertz CT molecular complexity index is 273. The van der Waals surface area contributed by atoms with Gasteiger partial charge in [0.05, 0.1) is 6.04 Å². The van der Waals surface area contributed by atoms with Crippen LogP contribution < -0.4 is 16.4 Å². The van der Waals surface area contributed by atoms with Gasteiger partial charge in [-0.1, -0.05) is 0 Å². The number of nitrogens with one attached hydrogen (secondary N) is 2. The van der Waals surface area contributed by atoms with Gasteiger partial charge in [0.15, 0.2) is 0 Å². The molecule has 0 aliphatic carbocycles. The second kappa shape index (κ2) is 7.34. The summed E-state index contributed by atoms with van der Waals surface area (Å²) in [6.07, 6.45) is 0.787. The van der Waals surface area contributed by atoms with Gasteiger partial charge < -0.3 is 21.3 Å². The topological polar surface area (TPSA) is 87.5 Å². The molecule has 1 heterocycles. The maximum atomic E-state index is 11.5. The van der Waals surface area contributed by atoms with Crippen LogP contribution in [0.5, 0.6) is 0 Å². The molecular weight excluding hydrogens is 244 g/mol. The largest absolute Gasteiger partial charge is 0.350 e. The molecule has 0 saturated carbocycles. The smallest absolute Gasteiger partial charge is 0.317 e. The Kier molecular flexibility index (Phi) is 6.91. The van der Waals surface area contributed by atoms with E-state index in [9.17, 15) is 9.59 Å². The van der Waals surface area contributed by atoms with Crippen molar-refractivity contribution < 1.29 is 9.59 Å². The summed E-state index contributed by atoms with van der Waals surface area (Å²) in [5.41, 5.74) is 5.45. The van der Waals surface area contributed by atoms with Crippen LogP contribution in [0.3, 0.4) is 0 Å². The van der Waals surface area contributed by atoms with Gasteiger partial charge in [-0.25, -0.2) is 4.79 Å². The minimum Gasteiger partial charge on any atom is -0.350 e.